The van der Waals surface area contributed by atoms with E-state index in [1.54, 1.807) is 37.3 Å². The fraction of sp³-hybridized carbons (Fsp3) is 0.211. The van der Waals surface area contributed by atoms with Gasteiger partial charge in [-0.05, 0) is 42.5 Å². The molecule has 0 fully saturated rings. The zero-order valence-corrected chi connectivity index (χ0v) is 14.8. The van der Waals surface area contributed by atoms with Crippen LogP contribution in [-0.2, 0) is 4.79 Å². The molecule has 0 saturated carbocycles. The molecule has 0 spiro atoms. The lowest BCUT2D eigenvalue weighted by molar-refractivity contribution is -0.115. The number of anilines is 2. The lowest BCUT2D eigenvalue weighted by Gasteiger charge is -2.09. The number of rotatable bonds is 7. The van der Waals surface area contributed by atoms with Crippen molar-refractivity contribution in [2.24, 2.45) is 0 Å². The van der Waals surface area contributed by atoms with E-state index in [2.05, 4.69) is 21.3 Å². The Bertz CT molecular complexity index is 809. The van der Waals surface area contributed by atoms with Gasteiger partial charge in [-0.15, -0.1) is 0 Å². The van der Waals surface area contributed by atoms with Crippen molar-refractivity contribution in [3.63, 3.8) is 0 Å². The second-order valence-electron chi connectivity index (χ2n) is 5.63. The summed E-state index contributed by atoms with van der Waals surface area (Å²) in [5, 5.41) is 10.4. The molecular formula is C19H21FN4O3. The standard InChI is InChI=1S/C19H21FN4O3/c1-2-17(25)23-15-8-6-13(7-9-15)18(26)21-10-11-22-19(27)24-16-5-3-4-14(20)12-16/h3-9,12H,2,10-11H2,1H3,(H,21,26)(H,23,25)(H2,22,24,27). The molecule has 2 aromatic carbocycles. The Morgan fingerprint density at radius 3 is 2.26 bits per heavy atom. The van der Waals surface area contributed by atoms with Crippen molar-refractivity contribution >= 4 is 29.2 Å². The third kappa shape index (κ3) is 6.77. The third-order valence-electron chi connectivity index (χ3n) is 3.53. The number of carbonyl (C=O) groups is 3. The van der Waals surface area contributed by atoms with Crippen LogP contribution >= 0.6 is 0 Å². The van der Waals surface area contributed by atoms with E-state index >= 15 is 0 Å². The first-order valence-electron chi connectivity index (χ1n) is 8.46. The summed E-state index contributed by atoms with van der Waals surface area (Å²) in [6.07, 6.45) is 0.377. The molecule has 0 radical (unpaired) electrons. The van der Waals surface area contributed by atoms with Crippen molar-refractivity contribution in [1.82, 2.24) is 10.6 Å². The largest absolute Gasteiger partial charge is 0.350 e. The monoisotopic (exact) mass is 372 g/mol. The van der Waals surface area contributed by atoms with E-state index < -0.39 is 11.8 Å². The van der Waals surface area contributed by atoms with E-state index in [-0.39, 0.29) is 24.9 Å². The summed E-state index contributed by atoms with van der Waals surface area (Å²) < 4.78 is 13.0. The van der Waals surface area contributed by atoms with E-state index in [0.29, 0.717) is 23.4 Å². The minimum Gasteiger partial charge on any atom is -0.350 e. The van der Waals surface area contributed by atoms with Gasteiger partial charge in [0.2, 0.25) is 5.91 Å². The van der Waals surface area contributed by atoms with Gasteiger partial charge < -0.3 is 21.3 Å². The fourth-order valence-electron chi connectivity index (χ4n) is 2.15. The Balaban J connectivity index is 1.71. The van der Waals surface area contributed by atoms with Crippen molar-refractivity contribution in [2.45, 2.75) is 13.3 Å². The van der Waals surface area contributed by atoms with Gasteiger partial charge in [0.1, 0.15) is 5.82 Å². The average molecular weight is 372 g/mol. The molecule has 0 bridgehead atoms. The first-order valence-corrected chi connectivity index (χ1v) is 8.46. The Hall–Kier alpha value is -3.42. The summed E-state index contributed by atoms with van der Waals surface area (Å²) in [6.45, 7) is 2.19. The molecule has 0 aromatic heterocycles. The first-order chi connectivity index (χ1) is 13.0. The lowest BCUT2D eigenvalue weighted by Crippen LogP contribution is -2.36. The molecule has 8 heteroatoms. The van der Waals surface area contributed by atoms with Crippen LogP contribution in [0.1, 0.15) is 23.7 Å². The van der Waals surface area contributed by atoms with E-state index in [4.69, 9.17) is 0 Å². The van der Waals surface area contributed by atoms with Crippen molar-refractivity contribution < 1.29 is 18.8 Å². The Morgan fingerprint density at radius 2 is 1.59 bits per heavy atom. The Morgan fingerprint density at radius 1 is 0.889 bits per heavy atom. The highest BCUT2D eigenvalue weighted by molar-refractivity contribution is 5.95. The van der Waals surface area contributed by atoms with Gasteiger partial charge in [-0.1, -0.05) is 13.0 Å². The summed E-state index contributed by atoms with van der Waals surface area (Å²) in [7, 11) is 0. The topological polar surface area (TPSA) is 99.3 Å². The van der Waals surface area contributed by atoms with Crippen LogP contribution in [-0.4, -0.2) is 30.9 Å². The first kappa shape index (κ1) is 19.9. The van der Waals surface area contributed by atoms with Crippen molar-refractivity contribution in [3.8, 4) is 0 Å². The van der Waals surface area contributed by atoms with Gasteiger partial charge in [-0.25, -0.2) is 9.18 Å². The minimum atomic E-state index is -0.495. The van der Waals surface area contributed by atoms with Crippen LogP contribution in [0.3, 0.4) is 0 Å². The molecule has 0 aliphatic heterocycles. The van der Waals surface area contributed by atoms with Gasteiger partial charge in [-0.2, -0.15) is 0 Å². The highest BCUT2D eigenvalue weighted by atomic mass is 19.1. The molecule has 27 heavy (non-hydrogen) atoms. The maximum Gasteiger partial charge on any atom is 0.319 e. The number of hydrogen-bond acceptors (Lipinski definition) is 3. The lowest BCUT2D eigenvalue weighted by atomic mass is 10.2. The number of urea groups is 1. The van der Waals surface area contributed by atoms with Crippen LogP contribution in [0, 0.1) is 5.82 Å². The highest BCUT2D eigenvalue weighted by Gasteiger charge is 2.06. The molecule has 0 aliphatic rings. The molecule has 2 rings (SSSR count). The predicted molar refractivity (Wildman–Crippen MR) is 101 cm³/mol. The zero-order chi connectivity index (χ0) is 19.6. The molecule has 142 valence electrons. The van der Waals surface area contributed by atoms with Crippen LogP contribution in [0.25, 0.3) is 0 Å². The third-order valence-corrected chi connectivity index (χ3v) is 3.53. The van der Waals surface area contributed by atoms with Crippen LogP contribution in [0.15, 0.2) is 48.5 Å². The number of amides is 4. The van der Waals surface area contributed by atoms with Crippen LogP contribution in [0.4, 0.5) is 20.6 Å². The summed E-state index contributed by atoms with van der Waals surface area (Å²) >= 11 is 0. The SMILES string of the molecule is CCC(=O)Nc1ccc(C(=O)NCCNC(=O)Nc2cccc(F)c2)cc1. The number of halogens is 1. The van der Waals surface area contributed by atoms with Gasteiger partial charge in [0, 0.05) is 36.4 Å². The molecule has 0 saturated heterocycles. The van der Waals surface area contributed by atoms with E-state index in [1.165, 1.54) is 18.2 Å². The molecule has 0 unspecified atom stereocenters. The average Bonchev–Trinajstić information content (AvgIpc) is 2.65. The molecule has 4 N–H and O–H groups in total. The van der Waals surface area contributed by atoms with Crippen LogP contribution < -0.4 is 21.3 Å². The molecule has 2 aromatic rings. The summed E-state index contributed by atoms with van der Waals surface area (Å²) in [5.41, 5.74) is 1.40. The van der Waals surface area contributed by atoms with Gasteiger partial charge in [0.15, 0.2) is 0 Å². The zero-order valence-electron chi connectivity index (χ0n) is 14.8. The summed E-state index contributed by atoms with van der Waals surface area (Å²) in [5.74, 6) is -0.842. The van der Waals surface area contributed by atoms with Crippen LogP contribution in [0.2, 0.25) is 0 Å². The second kappa shape index (κ2) is 9.91. The van der Waals surface area contributed by atoms with E-state index in [9.17, 15) is 18.8 Å². The van der Waals surface area contributed by atoms with E-state index in [0.717, 1.165) is 0 Å². The number of carbonyl (C=O) groups excluding carboxylic acids is 3. The normalized spacial score (nSPS) is 10.0. The molecule has 7 nitrogen and oxygen atoms in total. The Labute approximate surface area is 156 Å². The Kier molecular flexibility index (Phi) is 7.30. The second-order valence-corrected chi connectivity index (χ2v) is 5.63. The number of nitrogens with one attached hydrogen (secondary N) is 4. The van der Waals surface area contributed by atoms with Gasteiger partial charge in [0.05, 0.1) is 0 Å². The molecule has 4 amide bonds. The summed E-state index contributed by atoms with van der Waals surface area (Å²) in [6, 6.07) is 11.5. The maximum atomic E-state index is 13.0. The quantitative estimate of drug-likeness (QED) is 0.562. The summed E-state index contributed by atoms with van der Waals surface area (Å²) in [4.78, 5) is 35.0. The smallest absolute Gasteiger partial charge is 0.319 e. The van der Waals surface area contributed by atoms with Crippen molar-refractivity contribution in [1.29, 1.82) is 0 Å². The van der Waals surface area contributed by atoms with E-state index in [1.807, 2.05) is 0 Å². The fourth-order valence-corrected chi connectivity index (χ4v) is 2.15. The van der Waals surface area contributed by atoms with Gasteiger partial charge in [0.25, 0.3) is 5.91 Å². The minimum absolute atomic E-state index is 0.102. The van der Waals surface area contributed by atoms with Crippen molar-refractivity contribution in [3.05, 3.63) is 59.9 Å². The highest BCUT2D eigenvalue weighted by Crippen LogP contribution is 2.10. The van der Waals surface area contributed by atoms with Gasteiger partial charge >= 0.3 is 6.03 Å². The predicted octanol–water partition coefficient (Wildman–Crippen LogP) is 2.73. The molecule has 0 aliphatic carbocycles. The maximum absolute atomic E-state index is 13.0. The number of hydrogen-bond donors (Lipinski definition) is 4. The van der Waals surface area contributed by atoms with Gasteiger partial charge in [-0.3, -0.25) is 9.59 Å². The van der Waals surface area contributed by atoms with Crippen LogP contribution in [0.5, 0.6) is 0 Å². The number of benzene rings is 2. The molecule has 0 heterocycles. The molecule has 0 atom stereocenters. The van der Waals surface area contributed by atoms with Crippen molar-refractivity contribution in [2.75, 3.05) is 23.7 Å². The molecular weight excluding hydrogens is 351 g/mol.